The zero-order chi connectivity index (χ0) is 23.4. The SMILES string of the molecule is CCCN1c2cc(OC)c(C=Nc3ccc(Oc4ccccc4)cc3)cc2C(C)=CC1(C)C. The Labute approximate surface area is 197 Å². The monoisotopic (exact) mass is 440 g/mol. The highest BCUT2D eigenvalue weighted by Gasteiger charge is 2.31. The van der Waals surface area contributed by atoms with Gasteiger partial charge in [0.05, 0.1) is 18.3 Å². The lowest BCUT2D eigenvalue weighted by Gasteiger charge is -2.43. The van der Waals surface area contributed by atoms with Gasteiger partial charge in [-0.1, -0.05) is 31.2 Å². The molecular weight excluding hydrogens is 408 g/mol. The molecule has 0 unspecified atom stereocenters. The number of ether oxygens (including phenoxy) is 2. The molecule has 33 heavy (non-hydrogen) atoms. The maximum absolute atomic E-state index is 5.87. The van der Waals surface area contributed by atoms with Crippen LogP contribution >= 0.6 is 0 Å². The first kappa shape index (κ1) is 22.7. The minimum atomic E-state index is -0.0305. The number of benzene rings is 3. The van der Waals surface area contributed by atoms with Crippen LogP contribution in [0.1, 0.15) is 45.2 Å². The number of fused-ring (bicyclic) bond motifs is 1. The largest absolute Gasteiger partial charge is 0.496 e. The van der Waals surface area contributed by atoms with Gasteiger partial charge in [-0.2, -0.15) is 0 Å². The molecule has 0 spiro atoms. The van der Waals surface area contributed by atoms with Crippen LogP contribution in [0.15, 0.2) is 77.8 Å². The van der Waals surface area contributed by atoms with E-state index >= 15 is 0 Å². The molecule has 1 aliphatic heterocycles. The van der Waals surface area contributed by atoms with E-state index in [2.05, 4.69) is 50.8 Å². The minimum Gasteiger partial charge on any atom is -0.496 e. The van der Waals surface area contributed by atoms with Crippen LogP contribution in [0.5, 0.6) is 17.2 Å². The molecule has 4 rings (SSSR count). The number of hydrogen-bond donors (Lipinski definition) is 0. The number of methoxy groups -OCH3 is 1. The highest BCUT2D eigenvalue weighted by molar-refractivity contribution is 5.92. The number of nitrogens with zero attached hydrogens (tertiary/aromatic N) is 2. The molecule has 4 heteroatoms. The van der Waals surface area contributed by atoms with E-state index < -0.39 is 0 Å². The molecule has 0 N–H and O–H groups in total. The molecule has 3 aromatic rings. The van der Waals surface area contributed by atoms with E-state index in [4.69, 9.17) is 14.5 Å². The van der Waals surface area contributed by atoms with Crippen molar-refractivity contribution in [3.8, 4) is 17.2 Å². The van der Waals surface area contributed by atoms with Crippen LogP contribution in [0.25, 0.3) is 5.57 Å². The fraction of sp³-hybridized carbons (Fsp3) is 0.276. The summed E-state index contributed by atoms with van der Waals surface area (Å²) in [5.74, 6) is 2.43. The van der Waals surface area contributed by atoms with Crippen LogP contribution in [0.3, 0.4) is 0 Å². The summed E-state index contributed by atoms with van der Waals surface area (Å²) in [5.41, 5.74) is 5.52. The Hall–Kier alpha value is -3.53. The third-order valence-electron chi connectivity index (χ3n) is 5.94. The smallest absolute Gasteiger partial charge is 0.129 e. The van der Waals surface area contributed by atoms with Crippen molar-refractivity contribution in [3.05, 3.63) is 83.9 Å². The third-order valence-corrected chi connectivity index (χ3v) is 5.94. The quantitative estimate of drug-likeness (QED) is 0.354. The molecule has 0 amide bonds. The van der Waals surface area contributed by atoms with Crippen molar-refractivity contribution >= 4 is 23.2 Å². The molecule has 0 fully saturated rings. The van der Waals surface area contributed by atoms with Crippen LogP contribution in [0.2, 0.25) is 0 Å². The molecule has 1 aliphatic rings. The molecular formula is C29H32N2O2. The van der Waals surface area contributed by atoms with Crippen LogP contribution < -0.4 is 14.4 Å². The summed E-state index contributed by atoms with van der Waals surface area (Å²) in [5, 5.41) is 0. The third kappa shape index (κ3) is 4.95. The molecule has 4 nitrogen and oxygen atoms in total. The Morgan fingerprint density at radius 3 is 2.33 bits per heavy atom. The Kier molecular flexibility index (Phi) is 6.55. The van der Waals surface area contributed by atoms with Gasteiger partial charge in [0.2, 0.25) is 0 Å². The summed E-state index contributed by atoms with van der Waals surface area (Å²) in [6.07, 6.45) is 5.32. The average molecular weight is 441 g/mol. The van der Waals surface area contributed by atoms with E-state index in [1.807, 2.05) is 60.8 Å². The highest BCUT2D eigenvalue weighted by atomic mass is 16.5. The zero-order valence-corrected chi connectivity index (χ0v) is 20.1. The molecule has 0 saturated carbocycles. The van der Waals surface area contributed by atoms with Crippen LogP contribution in [0, 0.1) is 0 Å². The number of para-hydroxylation sites is 1. The van der Waals surface area contributed by atoms with E-state index in [0.29, 0.717) is 0 Å². The van der Waals surface area contributed by atoms with Crippen molar-refractivity contribution in [2.45, 2.75) is 39.7 Å². The second-order valence-electron chi connectivity index (χ2n) is 8.91. The number of allylic oxidation sites excluding steroid dienone is 1. The van der Waals surface area contributed by atoms with Gasteiger partial charge in [-0.25, -0.2) is 0 Å². The van der Waals surface area contributed by atoms with Gasteiger partial charge in [0.1, 0.15) is 17.2 Å². The Morgan fingerprint density at radius 1 is 0.970 bits per heavy atom. The number of rotatable bonds is 7. The van der Waals surface area contributed by atoms with E-state index in [1.165, 1.54) is 16.8 Å². The molecule has 0 radical (unpaired) electrons. The number of aliphatic imine (C=N–C) groups is 1. The molecule has 0 atom stereocenters. The van der Waals surface area contributed by atoms with E-state index in [1.54, 1.807) is 7.11 Å². The lowest BCUT2D eigenvalue weighted by atomic mass is 9.87. The molecule has 0 aliphatic carbocycles. The Morgan fingerprint density at radius 2 is 1.67 bits per heavy atom. The van der Waals surface area contributed by atoms with E-state index in [-0.39, 0.29) is 5.54 Å². The summed E-state index contributed by atoms with van der Waals surface area (Å²) >= 11 is 0. The van der Waals surface area contributed by atoms with Crippen molar-refractivity contribution in [2.24, 2.45) is 4.99 Å². The van der Waals surface area contributed by atoms with Gasteiger partial charge >= 0.3 is 0 Å². The Bertz CT molecular complexity index is 1160. The molecule has 0 aromatic heterocycles. The molecule has 3 aromatic carbocycles. The predicted octanol–water partition coefficient (Wildman–Crippen LogP) is 7.65. The average Bonchev–Trinajstić information content (AvgIpc) is 2.81. The maximum Gasteiger partial charge on any atom is 0.129 e. The Balaban J connectivity index is 1.60. The highest BCUT2D eigenvalue weighted by Crippen LogP contribution is 2.42. The zero-order valence-electron chi connectivity index (χ0n) is 20.1. The first-order chi connectivity index (χ1) is 15.9. The van der Waals surface area contributed by atoms with Crippen LogP contribution in [-0.2, 0) is 0 Å². The van der Waals surface area contributed by atoms with Crippen LogP contribution in [0.4, 0.5) is 11.4 Å². The first-order valence-corrected chi connectivity index (χ1v) is 11.5. The summed E-state index contributed by atoms with van der Waals surface area (Å²) in [4.78, 5) is 7.16. The van der Waals surface area contributed by atoms with Crippen molar-refractivity contribution < 1.29 is 9.47 Å². The van der Waals surface area contributed by atoms with Gasteiger partial charge in [-0.3, -0.25) is 4.99 Å². The van der Waals surface area contributed by atoms with Gasteiger partial charge in [0.15, 0.2) is 0 Å². The topological polar surface area (TPSA) is 34.1 Å². The summed E-state index contributed by atoms with van der Waals surface area (Å²) in [6, 6.07) is 21.9. The number of anilines is 1. The maximum atomic E-state index is 5.87. The van der Waals surface area contributed by atoms with Gasteiger partial charge in [0, 0.05) is 35.6 Å². The summed E-state index contributed by atoms with van der Waals surface area (Å²) in [7, 11) is 1.72. The minimum absolute atomic E-state index is 0.0305. The lowest BCUT2D eigenvalue weighted by molar-refractivity contribution is 0.413. The molecule has 170 valence electrons. The number of hydrogen-bond acceptors (Lipinski definition) is 4. The van der Waals surface area contributed by atoms with E-state index in [9.17, 15) is 0 Å². The van der Waals surface area contributed by atoms with Gasteiger partial charge in [-0.15, -0.1) is 0 Å². The molecule has 0 saturated heterocycles. The lowest BCUT2D eigenvalue weighted by Crippen LogP contribution is -2.45. The standard InChI is InChI=1S/C29H32N2O2/c1-6-16-31-27-18-28(32-5)22(17-26(27)21(2)19-29(31,3)4)20-30-23-12-14-25(15-13-23)33-24-10-8-7-9-11-24/h7-15,17-20H,6,16H2,1-5H3. The second kappa shape index (κ2) is 9.53. The van der Waals surface area contributed by atoms with Crippen molar-refractivity contribution in [2.75, 3.05) is 18.6 Å². The fourth-order valence-corrected chi connectivity index (χ4v) is 4.40. The van der Waals surface area contributed by atoms with Crippen LogP contribution in [-0.4, -0.2) is 25.4 Å². The van der Waals surface area contributed by atoms with Gasteiger partial charge in [-0.05, 0) is 75.2 Å². The van der Waals surface area contributed by atoms with Crippen molar-refractivity contribution in [1.82, 2.24) is 0 Å². The summed E-state index contributed by atoms with van der Waals surface area (Å²) in [6.45, 7) is 9.93. The van der Waals surface area contributed by atoms with Crippen molar-refractivity contribution in [1.29, 1.82) is 0 Å². The fourth-order valence-electron chi connectivity index (χ4n) is 4.40. The summed E-state index contributed by atoms with van der Waals surface area (Å²) < 4.78 is 11.6. The molecule has 1 heterocycles. The van der Waals surface area contributed by atoms with Gasteiger partial charge in [0.25, 0.3) is 0 Å². The predicted molar refractivity (Wildman–Crippen MR) is 139 cm³/mol. The van der Waals surface area contributed by atoms with E-state index in [0.717, 1.165) is 41.5 Å². The second-order valence-corrected chi connectivity index (χ2v) is 8.91. The molecule has 0 bridgehead atoms. The normalized spacial score (nSPS) is 14.7. The van der Waals surface area contributed by atoms with Crippen molar-refractivity contribution in [3.63, 3.8) is 0 Å². The first-order valence-electron chi connectivity index (χ1n) is 11.5. The van der Waals surface area contributed by atoms with Gasteiger partial charge < -0.3 is 14.4 Å².